The number of halogens is 1. The van der Waals surface area contributed by atoms with Gasteiger partial charge >= 0.3 is 0 Å². The zero-order valence-corrected chi connectivity index (χ0v) is 20.8. The van der Waals surface area contributed by atoms with Gasteiger partial charge in [0.15, 0.2) is 0 Å². The summed E-state index contributed by atoms with van der Waals surface area (Å²) in [6.45, 7) is 7.04. The van der Waals surface area contributed by atoms with Crippen LogP contribution in [-0.4, -0.2) is 79.8 Å². The Morgan fingerprint density at radius 1 is 1.25 bits per heavy atom. The number of thiocarbonyl (C=S) groups is 1. The number of amides is 1. The Bertz CT molecular complexity index is 817. The Labute approximate surface area is 201 Å². The molecule has 3 N–H and O–H groups in total. The smallest absolute Gasteiger partial charge is 0.255 e. The number of nitrogens with one attached hydrogen (secondary N) is 1. The molecule has 0 aliphatic carbocycles. The highest BCUT2D eigenvalue weighted by Crippen LogP contribution is 2.29. The number of ether oxygens (including phenoxy) is 2. The lowest BCUT2D eigenvalue weighted by Gasteiger charge is -2.41. The fourth-order valence-corrected chi connectivity index (χ4v) is 5.01. The van der Waals surface area contributed by atoms with Crippen LogP contribution >= 0.6 is 23.8 Å². The van der Waals surface area contributed by atoms with Gasteiger partial charge in [0.2, 0.25) is 0 Å². The first-order chi connectivity index (χ1) is 15.4. The van der Waals surface area contributed by atoms with Crippen LogP contribution in [0.3, 0.4) is 0 Å². The van der Waals surface area contributed by atoms with Crippen molar-refractivity contribution in [2.24, 2.45) is 5.92 Å². The normalized spacial score (nSPS) is 22.6. The first-order valence-electron chi connectivity index (χ1n) is 11.3. The molecule has 3 rings (SSSR count). The van der Waals surface area contributed by atoms with Gasteiger partial charge in [-0.1, -0.05) is 30.7 Å². The highest BCUT2D eigenvalue weighted by atomic mass is 35.5. The van der Waals surface area contributed by atoms with Gasteiger partial charge in [-0.05, 0) is 37.7 Å². The van der Waals surface area contributed by atoms with Gasteiger partial charge in [-0.25, -0.2) is 0 Å². The third kappa shape index (κ3) is 6.04. The number of nitrogens with two attached hydrogens (primary N) is 1. The lowest BCUT2D eigenvalue weighted by atomic mass is 9.94. The molecule has 0 unspecified atom stereocenters. The summed E-state index contributed by atoms with van der Waals surface area (Å²) in [5.74, 6) is 0.851. The summed E-state index contributed by atoms with van der Waals surface area (Å²) in [5.41, 5.74) is 6.59. The van der Waals surface area contributed by atoms with Gasteiger partial charge in [-0.3, -0.25) is 4.79 Å². The maximum atomic E-state index is 13.0. The van der Waals surface area contributed by atoms with Crippen molar-refractivity contribution in [3.05, 3.63) is 22.7 Å². The van der Waals surface area contributed by atoms with Crippen molar-refractivity contribution in [3.63, 3.8) is 0 Å². The number of carbonyl (C=O) groups excluding carboxylic acids is 1. The molecule has 1 aromatic rings. The molecule has 2 saturated heterocycles. The number of piperidine rings is 2. The second-order valence-corrected chi connectivity index (χ2v) is 9.53. The number of carbonyl (C=O) groups is 1. The van der Waals surface area contributed by atoms with Crippen molar-refractivity contribution in [2.75, 3.05) is 52.7 Å². The van der Waals surface area contributed by atoms with Crippen molar-refractivity contribution in [1.82, 2.24) is 15.1 Å². The maximum Gasteiger partial charge on any atom is 0.255 e. The van der Waals surface area contributed by atoms with Crippen LogP contribution in [0.2, 0.25) is 5.02 Å². The van der Waals surface area contributed by atoms with Crippen molar-refractivity contribution in [2.45, 2.75) is 44.8 Å². The minimum Gasteiger partial charge on any atom is -0.496 e. The van der Waals surface area contributed by atoms with E-state index >= 15 is 0 Å². The van der Waals surface area contributed by atoms with Gasteiger partial charge in [0, 0.05) is 45.9 Å². The van der Waals surface area contributed by atoms with Crippen LogP contribution in [0, 0.1) is 5.92 Å². The van der Waals surface area contributed by atoms with Gasteiger partial charge in [0.25, 0.3) is 5.91 Å². The van der Waals surface area contributed by atoms with Crippen molar-refractivity contribution >= 4 is 40.4 Å². The minimum absolute atomic E-state index is 0.0734. The summed E-state index contributed by atoms with van der Waals surface area (Å²) in [7, 11) is 3.22. The van der Waals surface area contributed by atoms with Crippen LogP contribution in [0.15, 0.2) is 12.1 Å². The van der Waals surface area contributed by atoms with E-state index in [4.69, 9.17) is 39.0 Å². The van der Waals surface area contributed by atoms with Crippen molar-refractivity contribution < 1.29 is 14.3 Å². The summed E-state index contributed by atoms with van der Waals surface area (Å²) in [4.78, 5) is 18.9. The van der Waals surface area contributed by atoms with Gasteiger partial charge < -0.3 is 30.3 Å². The fourth-order valence-electron chi connectivity index (χ4n) is 4.67. The number of hydrogen-bond acceptors (Lipinski definition) is 6. The third-order valence-corrected chi connectivity index (χ3v) is 7.49. The molecule has 0 bridgehead atoms. The SMILES string of the molecule is CCC(=S)N1CCC(CN2CC[C@H](NC(=O)c3cc(Cl)c(N)cc3OC)[C@H](OC)C2)CC1. The first-order valence-corrected chi connectivity index (χ1v) is 12.1. The molecule has 1 amide bonds. The van der Waals surface area contributed by atoms with E-state index in [1.165, 1.54) is 20.0 Å². The standard InChI is InChI=1S/C23H35ClN4O3S/c1-4-22(32)28-9-5-15(6-10-28)13-27-8-7-19(21(14-27)31-3)26-23(29)16-11-17(24)18(25)12-20(16)30-2/h11-12,15,19,21H,4-10,13-14,25H2,1-3H3,(H,26,29)/t19-,21+/m0/s1. The van der Waals surface area contributed by atoms with Crippen LogP contribution in [0.4, 0.5) is 5.69 Å². The molecule has 9 heteroatoms. The molecular formula is C23H35ClN4O3S. The Kier molecular flexibility index (Phi) is 8.99. The number of nitrogen functional groups attached to an aromatic ring is 1. The Morgan fingerprint density at radius 3 is 2.59 bits per heavy atom. The molecule has 0 radical (unpaired) electrons. The van der Waals surface area contributed by atoms with E-state index in [0.717, 1.165) is 50.6 Å². The molecule has 0 saturated carbocycles. The number of hydrogen-bond donors (Lipinski definition) is 2. The summed E-state index contributed by atoms with van der Waals surface area (Å²) in [6, 6.07) is 3.05. The van der Waals surface area contributed by atoms with E-state index < -0.39 is 0 Å². The zero-order valence-electron chi connectivity index (χ0n) is 19.2. The average Bonchev–Trinajstić information content (AvgIpc) is 2.81. The molecule has 2 fully saturated rings. The highest BCUT2D eigenvalue weighted by molar-refractivity contribution is 7.80. The highest BCUT2D eigenvalue weighted by Gasteiger charge is 2.33. The quantitative estimate of drug-likeness (QED) is 0.456. The minimum atomic E-state index is -0.233. The van der Waals surface area contributed by atoms with E-state index in [9.17, 15) is 4.79 Å². The second kappa shape index (κ2) is 11.5. The number of rotatable bonds is 7. The topological polar surface area (TPSA) is 80.1 Å². The van der Waals surface area contributed by atoms with Gasteiger partial charge in [-0.2, -0.15) is 0 Å². The molecule has 0 aromatic heterocycles. The van der Waals surface area contributed by atoms with Crippen molar-refractivity contribution in [3.8, 4) is 5.75 Å². The monoisotopic (exact) mass is 482 g/mol. The predicted octanol–water partition coefficient (Wildman–Crippen LogP) is 3.20. The average molecular weight is 483 g/mol. The summed E-state index contributed by atoms with van der Waals surface area (Å²) in [5, 5.41) is 3.45. The lowest BCUT2D eigenvalue weighted by molar-refractivity contribution is -0.000282. The molecule has 32 heavy (non-hydrogen) atoms. The van der Waals surface area contributed by atoms with E-state index in [1.54, 1.807) is 19.2 Å². The maximum absolute atomic E-state index is 13.0. The van der Waals surface area contributed by atoms with Crippen LogP contribution < -0.4 is 15.8 Å². The van der Waals surface area contributed by atoms with Gasteiger partial charge in [-0.15, -0.1) is 0 Å². The number of anilines is 1. The fraction of sp³-hybridized carbons (Fsp3) is 0.652. The Morgan fingerprint density at radius 2 is 1.97 bits per heavy atom. The molecule has 7 nitrogen and oxygen atoms in total. The van der Waals surface area contributed by atoms with Crippen molar-refractivity contribution in [1.29, 1.82) is 0 Å². The van der Waals surface area contributed by atoms with E-state index in [-0.39, 0.29) is 18.1 Å². The molecule has 0 spiro atoms. The molecule has 1 aromatic carbocycles. The summed E-state index contributed by atoms with van der Waals surface area (Å²) < 4.78 is 11.1. The number of methoxy groups -OCH3 is 2. The lowest BCUT2D eigenvalue weighted by Crippen LogP contribution is -2.55. The predicted molar refractivity (Wildman–Crippen MR) is 133 cm³/mol. The molecule has 2 atom stereocenters. The summed E-state index contributed by atoms with van der Waals surface area (Å²) in [6.07, 6.45) is 4.05. The first kappa shape index (κ1) is 25.0. The zero-order chi connectivity index (χ0) is 23.3. The Hall–Kier alpha value is -1.61. The number of nitrogens with zero attached hydrogens (tertiary/aromatic N) is 2. The van der Waals surface area contributed by atoms with E-state index in [1.807, 2.05) is 0 Å². The van der Waals surface area contributed by atoms with Gasteiger partial charge in [0.1, 0.15) is 5.75 Å². The number of likely N-dealkylation sites (tertiary alicyclic amines) is 2. The van der Waals surface area contributed by atoms with E-state index in [0.29, 0.717) is 27.9 Å². The van der Waals surface area contributed by atoms with E-state index in [2.05, 4.69) is 22.0 Å². The molecule has 2 aliphatic heterocycles. The van der Waals surface area contributed by atoms with Crippen LogP contribution in [0.1, 0.15) is 43.0 Å². The summed E-state index contributed by atoms with van der Waals surface area (Å²) >= 11 is 11.6. The largest absolute Gasteiger partial charge is 0.496 e. The number of benzene rings is 1. The Balaban J connectivity index is 1.54. The molecule has 2 heterocycles. The molecule has 178 valence electrons. The van der Waals surface area contributed by atoms with Gasteiger partial charge in [0.05, 0.1) is 40.5 Å². The third-order valence-electron chi connectivity index (χ3n) is 6.61. The van der Waals surface area contributed by atoms with Crippen LogP contribution in [0.5, 0.6) is 5.75 Å². The van der Waals surface area contributed by atoms with Crippen LogP contribution in [-0.2, 0) is 4.74 Å². The second-order valence-electron chi connectivity index (χ2n) is 8.65. The van der Waals surface area contributed by atoms with Crippen LogP contribution in [0.25, 0.3) is 0 Å². The molecular weight excluding hydrogens is 448 g/mol. The molecule has 2 aliphatic rings.